The smallest absolute Gasteiger partial charge is 0.207 e. The number of aliphatic hydroxyl groups excluding tert-OH is 1. The molecule has 0 aliphatic carbocycles. The fourth-order valence-electron chi connectivity index (χ4n) is 5.72. The van der Waals surface area contributed by atoms with Crippen LogP contribution < -0.4 is 30.3 Å². The molecule has 0 bridgehead atoms. The van der Waals surface area contributed by atoms with E-state index in [0.717, 1.165) is 74.3 Å². The van der Waals surface area contributed by atoms with E-state index >= 15 is 0 Å². The summed E-state index contributed by atoms with van der Waals surface area (Å²) >= 11 is 0. The summed E-state index contributed by atoms with van der Waals surface area (Å²) in [5.74, 6) is 1.03. The van der Waals surface area contributed by atoms with Gasteiger partial charge in [-0.15, -0.1) is 0 Å². The number of ether oxygens (including phenoxy) is 2. The van der Waals surface area contributed by atoms with Crippen molar-refractivity contribution in [2.45, 2.75) is 64.4 Å². The van der Waals surface area contributed by atoms with Crippen LogP contribution in [0.1, 0.15) is 57.6 Å². The van der Waals surface area contributed by atoms with Crippen LogP contribution >= 0.6 is 0 Å². The van der Waals surface area contributed by atoms with E-state index in [0.29, 0.717) is 25.1 Å². The van der Waals surface area contributed by atoms with E-state index in [1.54, 1.807) is 13.2 Å². The molecule has 0 saturated carbocycles. The van der Waals surface area contributed by atoms with E-state index in [1.807, 2.05) is 12.1 Å². The van der Waals surface area contributed by atoms with Crippen LogP contribution in [0, 0.1) is 5.82 Å². The van der Waals surface area contributed by atoms with Crippen LogP contribution in [-0.2, 0) is 16.6 Å². The lowest BCUT2D eigenvalue weighted by molar-refractivity contribution is -0.109. The summed E-state index contributed by atoms with van der Waals surface area (Å²) in [6.07, 6.45) is 5.39. The van der Waals surface area contributed by atoms with Gasteiger partial charge < -0.3 is 35.4 Å². The van der Waals surface area contributed by atoms with Crippen LogP contribution in [0.5, 0.6) is 11.5 Å². The minimum absolute atomic E-state index is 0.0889. The Hall–Kier alpha value is -3.66. The lowest BCUT2D eigenvalue weighted by Crippen LogP contribution is -2.43. The number of aryl methyl sites for hydroxylation is 1. The minimum atomic E-state index is -0.312. The van der Waals surface area contributed by atoms with Crippen molar-refractivity contribution in [2.24, 2.45) is 0 Å². The first-order chi connectivity index (χ1) is 22.8. The number of rotatable bonds is 12. The van der Waals surface area contributed by atoms with Gasteiger partial charge in [0.2, 0.25) is 6.41 Å². The maximum absolute atomic E-state index is 14.6. The first-order valence-electron chi connectivity index (χ1n) is 16.8. The van der Waals surface area contributed by atoms with Crippen LogP contribution in [0.25, 0.3) is 11.1 Å². The number of hydrogen-bond acceptors (Lipinski definition) is 7. The average molecular weight is 651 g/mol. The fraction of sp³-hybridized carbons (Fsp3) is 0.500. The summed E-state index contributed by atoms with van der Waals surface area (Å²) in [4.78, 5) is 13.0. The molecular weight excluding hydrogens is 595 g/mol. The molecule has 2 fully saturated rings. The third-order valence-corrected chi connectivity index (χ3v) is 8.37. The maximum atomic E-state index is 14.6. The Balaban J connectivity index is 0.000000770. The van der Waals surface area contributed by atoms with Crippen LogP contribution in [0.15, 0.2) is 60.7 Å². The van der Waals surface area contributed by atoms with Gasteiger partial charge in [-0.2, -0.15) is 0 Å². The van der Waals surface area contributed by atoms with Crippen LogP contribution in [-0.4, -0.2) is 77.7 Å². The van der Waals surface area contributed by atoms with Gasteiger partial charge in [-0.3, -0.25) is 4.79 Å². The summed E-state index contributed by atoms with van der Waals surface area (Å²) in [6.45, 7) is 13.0. The number of halogens is 1. The molecule has 5 rings (SSSR count). The number of nitrogens with one attached hydrogen (secondary N) is 3. The van der Waals surface area contributed by atoms with Crippen molar-refractivity contribution in [2.75, 3.05) is 64.9 Å². The number of hydrogen-bond donors (Lipinski definition) is 4. The molecule has 258 valence electrons. The molecule has 8 nitrogen and oxygen atoms in total. The number of methoxy groups -OCH3 is 1. The van der Waals surface area contributed by atoms with Crippen molar-refractivity contribution >= 4 is 12.1 Å². The van der Waals surface area contributed by atoms with Gasteiger partial charge in [0.15, 0.2) is 0 Å². The van der Waals surface area contributed by atoms with Crippen molar-refractivity contribution in [3.05, 3.63) is 77.6 Å². The highest BCUT2D eigenvalue weighted by Crippen LogP contribution is 2.33. The van der Waals surface area contributed by atoms with Crippen molar-refractivity contribution in [3.63, 3.8) is 0 Å². The molecule has 4 N–H and O–H groups in total. The molecule has 2 saturated heterocycles. The van der Waals surface area contributed by atoms with Gasteiger partial charge >= 0.3 is 0 Å². The number of anilines is 1. The Labute approximate surface area is 281 Å². The Morgan fingerprint density at radius 1 is 0.936 bits per heavy atom. The average Bonchev–Trinajstić information content (AvgIpc) is 3.69. The van der Waals surface area contributed by atoms with Crippen LogP contribution in [0.3, 0.4) is 0 Å². The maximum Gasteiger partial charge on any atom is 0.207 e. The first kappa shape index (κ1) is 37.8. The van der Waals surface area contributed by atoms with Crippen molar-refractivity contribution in [1.82, 2.24) is 16.0 Å². The quantitative estimate of drug-likeness (QED) is 0.148. The second-order valence-electron chi connectivity index (χ2n) is 12.8. The zero-order chi connectivity index (χ0) is 34.1. The topological polar surface area (TPSA) is 95.1 Å². The number of carbonyl (C=O) groups excluding carboxylic acids is 1. The van der Waals surface area contributed by atoms with Gasteiger partial charge in [-0.05, 0) is 79.1 Å². The lowest BCUT2D eigenvalue weighted by Gasteiger charge is -2.30. The second kappa shape index (κ2) is 19.9. The van der Waals surface area contributed by atoms with Gasteiger partial charge in [-0.25, -0.2) is 4.39 Å². The Kier molecular flexibility index (Phi) is 16.0. The first-order valence-corrected chi connectivity index (χ1v) is 16.8. The molecule has 3 aromatic carbocycles. The number of carbonyl (C=O) groups is 1. The normalized spacial score (nSPS) is 15.0. The third kappa shape index (κ3) is 12.5. The molecule has 0 spiro atoms. The molecule has 1 unspecified atom stereocenters. The summed E-state index contributed by atoms with van der Waals surface area (Å²) in [7, 11) is 2.69. The summed E-state index contributed by atoms with van der Waals surface area (Å²) < 4.78 is 26.6. The molecule has 47 heavy (non-hydrogen) atoms. The number of benzene rings is 3. The molecular formula is C38H55FN4O4. The fourth-order valence-corrected chi connectivity index (χ4v) is 5.72. The molecule has 0 radical (unpaired) electrons. The monoisotopic (exact) mass is 650 g/mol. The van der Waals surface area contributed by atoms with E-state index in [2.05, 4.69) is 78.0 Å². The van der Waals surface area contributed by atoms with Gasteiger partial charge in [0.05, 0.1) is 7.11 Å². The molecule has 9 heteroatoms. The zero-order valence-corrected chi connectivity index (χ0v) is 28.9. The van der Waals surface area contributed by atoms with Crippen LogP contribution in [0.2, 0.25) is 0 Å². The largest absolute Gasteiger partial charge is 0.496 e. The second-order valence-corrected chi connectivity index (χ2v) is 12.8. The predicted octanol–water partition coefficient (Wildman–Crippen LogP) is 5.70. The predicted molar refractivity (Wildman–Crippen MR) is 190 cm³/mol. The van der Waals surface area contributed by atoms with Crippen LogP contribution in [0.4, 0.5) is 10.1 Å². The highest BCUT2D eigenvalue weighted by molar-refractivity contribution is 5.71. The van der Waals surface area contributed by atoms with Crippen molar-refractivity contribution in [3.8, 4) is 22.6 Å². The minimum Gasteiger partial charge on any atom is -0.496 e. The van der Waals surface area contributed by atoms with E-state index in [-0.39, 0.29) is 17.3 Å². The number of piperazine rings is 1. The van der Waals surface area contributed by atoms with Crippen molar-refractivity contribution in [1.29, 1.82) is 0 Å². The van der Waals surface area contributed by atoms with Gasteiger partial charge in [0.1, 0.15) is 23.4 Å². The van der Waals surface area contributed by atoms with Gasteiger partial charge in [-0.1, -0.05) is 51.1 Å². The standard InChI is InChI=1S/C33H42FN3O3.C4H9N.CH4O/c1-33(2,3)26-9-7-25(8-10-26)31-19-24(6-12-32(31)39-4)5-11-29(13-14-36-23-38)40-30-21-27(34)20-28(22-30)37-17-15-35-16-18-37;1-2-4-5-3-1;1-2/h6-10,12,19-23,29,35H,5,11,13-18H2,1-4H3,(H,36,38);5H,1-4H2;2H,1H3. The summed E-state index contributed by atoms with van der Waals surface area (Å²) in [5, 5.41) is 16.3. The van der Waals surface area contributed by atoms with Crippen molar-refractivity contribution < 1.29 is 23.8 Å². The Morgan fingerprint density at radius 2 is 1.62 bits per heavy atom. The molecule has 2 aliphatic heterocycles. The summed E-state index contributed by atoms with van der Waals surface area (Å²) in [6, 6.07) is 19.9. The number of aliphatic hydroxyl groups is 1. The lowest BCUT2D eigenvalue weighted by atomic mass is 9.86. The molecule has 2 heterocycles. The highest BCUT2D eigenvalue weighted by Gasteiger charge is 2.18. The van der Waals surface area contributed by atoms with E-state index in [4.69, 9.17) is 14.6 Å². The Bertz CT molecular complexity index is 1330. The SMILES string of the molecule is C1CCNC1.CO.COc1ccc(CCC(CCNC=O)Oc2cc(F)cc(N3CCNCC3)c2)cc1-c1ccc(C(C)(C)C)cc1. The Morgan fingerprint density at radius 3 is 2.21 bits per heavy atom. The van der Waals surface area contributed by atoms with Gasteiger partial charge in [0.25, 0.3) is 0 Å². The molecule has 0 aromatic heterocycles. The highest BCUT2D eigenvalue weighted by atomic mass is 19.1. The van der Waals surface area contributed by atoms with E-state index in [9.17, 15) is 9.18 Å². The third-order valence-electron chi connectivity index (χ3n) is 8.37. The summed E-state index contributed by atoms with van der Waals surface area (Å²) in [5.41, 5.74) is 5.52. The molecule has 1 atom stereocenters. The van der Waals surface area contributed by atoms with E-state index in [1.165, 1.54) is 37.6 Å². The van der Waals surface area contributed by atoms with E-state index < -0.39 is 0 Å². The molecule has 2 aliphatic rings. The zero-order valence-electron chi connectivity index (χ0n) is 28.9. The number of nitrogens with zero attached hydrogens (tertiary/aromatic N) is 1. The van der Waals surface area contributed by atoms with Gasteiger partial charge in [0, 0.05) is 69.6 Å². The number of amides is 1. The molecule has 1 amide bonds. The molecule has 3 aromatic rings.